The van der Waals surface area contributed by atoms with Gasteiger partial charge in [0.05, 0.1) is 5.25 Å². The highest BCUT2D eigenvalue weighted by Gasteiger charge is 2.20. The topological polar surface area (TPSA) is 86.5 Å². The number of nitrogens with one attached hydrogen (secondary N) is 1. The second-order valence-electron chi connectivity index (χ2n) is 5.70. The van der Waals surface area contributed by atoms with E-state index < -0.39 is 5.25 Å². The summed E-state index contributed by atoms with van der Waals surface area (Å²) in [4.78, 5) is 12.4. The number of hydrogen-bond donors (Lipinski definition) is 1. The quantitative estimate of drug-likeness (QED) is 0.668. The third-order valence-electron chi connectivity index (χ3n) is 3.78. The highest BCUT2D eigenvalue weighted by molar-refractivity contribution is 8.00. The minimum Gasteiger partial charge on any atom is -0.454 e. The summed E-state index contributed by atoms with van der Waals surface area (Å²) in [6, 6.07) is 10.9. The number of nitrogens with zero attached hydrogens (tertiary/aromatic N) is 2. The van der Waals surface area contributed by atoms with Crippen LogP contribution in [-0.2, 0) is 4.79 Å². The molecule has 0 saturated carbocycles. The molecule has 0 aliphatic carbocycles. The van der Waals surface area contributed by atoms with Gasteiger partial charge in [-0.1, -0.05) is 11.8 Å². The first-order valence-corrected chi connectivity index (χ1v) is 8.93. The summed E-state index contributed by atoms with van der Waals surface area (Å²) < 4.78 is 29.1. The molecular weight excluding hydrogens is 373 g/mol. The molecule has 138 valence electrons. The fourth-order valence-corrected chi connectivity index (χ4v) is 3.07. The zero-order valence-corrected chi connectivity index (χ0v) is 15.0. The second-order valence-corrected chi connectivity index (χ2v) is 6.99. The van der Waals surface area contributed by atoms with Gasteiger partial charge in [-0.05, 0) is 43.3 Å². The van der Waals surface area contributed by atoms with Gasteiger partial charge < -0.3 is 19.2 Å². The average molecular weight is 387 g/mol. The zero-order valence-electron chi connectivity index (χ0n) is 14.1. The molecule has 1 aliphatic rings. The largest absolute Gasteiger partial charge is 0.454 e. The van der Waals surface area contributed by atoms with Crippen LogP contribution in [0.4, 0.5) is 10.1 Å². The van der Waals surface area contributed by atoms with Crippen LogP contribution in [0.3, 0.4) is 0 Å². The maximum Gasteiger partial charge on any atom is 0.277 e. The van der Waals surface area contributed by atoms with Crippen LogP contribution in [-0.4, -0.2) is 28.1 Å². The van der Waals surface area contributed by atoms with Gasteiger partial charge in [-0.2, -0.15) is 0 Å². The van der Waals surface area contributed by atoms with E-state index >= 15 is 0 Å². The van der Waals surface area contributed by atoms with E-state index in [1.165, 1.54) is 12.1 Å². The fraction of sp³-hybridized carbons (Fsp3) is 0.167. The first-order valence-electron chi connectivity index (χ1n) is 8.05. The molecule has 4 rings (SSSR count). The molecule has 1 atom stereocenters. The average Bonchev–Trinajstić information content (AvgIpc) is 3.31. The SMILES string of the molecule is C[C@H](Sc1nnc(-c2ccc(F)cc2)o1)C(=O)Nc1ccc2c(c1)OCO2. The molecule has 0 radical (unpaired) electrons. The summed E-state index contributed by atoms with van der Waals surface area (Å²) in [5.41, 5.74) is 1.21. The number of benzene rings is 2. The summed E-state index contributed by atoms with van der Waals surface area (Å²) in [5.74, 6) is 0.937. The van der Waals surface area contributed by atoms with Crippen molar-refractivity contribution in [3.8, 4) is 23.0 Å². The molecule has 0 spiro atoms. The number of rotatable bonds is 5. The molecule has 0 saturated heterocycles. The predicted octanol–water partition coefficient (Wildman–Crippen LogP) is 3.72. The van der Waals surface area contributed by atoms with Gasteiger partial charge in [0, 0.05) is 17.3 Å². The Hall–Kier alpha value is -3.07. The van der Waals surface area contributed by atoms with E-state index in [0.29, 0.717) is 22.7 Å². The van der Waals surface area contributed by atoms with Crippen LogP contribution in [0.25, 0.3) is 11.5 Å². The molecule has 3 aromatic rings. The van der Waals surface area contributed by atoms with Crippen molar-refractivity contribution in [3.05, 3.63) is 48.3 Å². The smallest absolute Gasteiger partial charge is 0.277 e. The van der Waals surface area contributed by atoms with Crippen molar-refractivity contribution in [1.29, 1.82) is 0 Å². The number of halogens is 1. The van der Waals surface area contributed by atoms with E-state index in [1.54, 1.807) is 37.3 Å². The predicted molar refractivity (Wildman–Crippen MR) is 96.2 cm³/mol. The normalized spacial score (nSPS) is 13.4. The Morgan fingerprint density at radius 1 is 1.15 bits per heavy atom. The van der Waals surface area contributed by atoms with E-state index in [-0.39, 0.29) is 29.6 Å². The van der Waals surface area contributed by atoms with Crippen LogP contribution in [0, 0.1) is 5.82 Å². The van der Waals surface area contributed by atoms with Gasteiger partial charge in [0.2, 0.25) is 18.6 Å². The summed E-state index contributed by atoms with van der Waals surface area (Å²) in [6.07, 6.45) is 0. The van der Waals surface area contributed by atoms with Gasteiger partial charge in [-0.3, -0.25) is 4.79 Å². The number of fused-ring (bicyclic) bond motifs is 1. The molecule has 7 nitrogen and oxygen atoms in total. The van der Waals surface area contributed by atoms with Crippen molar-refractivity contribution in [1.82, 2.24) is 10.2 Å². The van der Waals surface area contributed by atoms with Crippen LogP contribution in [0.15, 0.2) is 52.1 Å². The molecule has 1 N–H and O–H groups in total. The van der Waals surface area contributed by atoms with Crippen molar-refractivity contribution in [2.45, 2.75) is 17.4 Å². The highest BCUT2D eigenvalue weighted by Crippen LogP contribution is 2.34. The van der Waals surface area contributed by atoms with Crippen molar-refractivity contribution >= 4 is 23.4 Å². The van der Waals surface area contributed by atoms with Gasteiger partial charge in [0.1, 0.15) is 5.82 Å². The van der Waals surface area contributed by atoms with Gasteiger partial charge in [-0.15, -0.1) is 10.2 Å². The number of carbonyl (C=O) groups is 1. The van der Waals surface area contributed by atoms with Gasteiger partial charge >= 0.3 is 0 Å². The molecule has 1 amide bonds. The van der Waals surface area contributed by atoms with Crippen LogP contribution in [0.5, 0.6) is 11.5 Å². The molecule has 27 heavy (non-hydrogen) atoms. The fourth-order valence-electron chi connectivity index (χ4n) is 2.39. The Labute approximate surface area is 157 Å². The van der Waals surface area contributed by atoms with E-state index in [0.717, 1.165) is 11.8 Å². The molecule has 0 unspecified atom stereocenters. The van der Waals surface area contributed by atoms with E-state index in [2.05, 4.69) is 15.5 Å². The van der Waals surface area contributed by atoms with Crippen molar-refractivity contribution in [3.63, 3.8) is 0 Å². The van der Waals surface area contributed by atoms with Crippen molar-refractivity contribution in [2.75, 3.05) is 12.1 Å². The number of carbonyl (C=O) groups excluding carboxylic acids is 1. The van der Waals surface area contributed by atoms with Crippen LogP contribution >= 0.6 is 11.8 Å². The maximum atomic E-state index is 13.0. The summed E-state index contributed by atoms with van der Waals surface area (Å²) in [6.45, 7) is 1.90. The maximum absolute atomic E-state index is 13.0. The zero-order chi connectivity index (χ0) is 18.8. The standard InChI is InChI=1S/C18H14FN3O4S/c1-10(16(23)20-13-6-7-14-15(8-13)25-9-24-14)27-18-22-21-17(26-18)11-2-4-12(19)5-3-11/h2-8,10H,9H2,1H3,(H,20,23)/t10-/m0/s1. The molecule has 0 bridgehead atoms. The Kier molecular flexibility index (Phi) is 4.68. The summed E-state index contributed by atoms with van der Waals surface area (Å²) in [5, 5.41) is 10.4. The minimum absolute atomic E-state index is 0.173. The van der Waals surface area contributed by atoms with Crippen molar-refractivity contribution < 1.29 is 23.1 Å². The highest BCUT2D eigenvalue weighted by atomic mass is 32.2. The first-order chi connectivity index (χ1) is 13.1. The molecule has 9 heteroatoms. The van der Waals surface area contributed by atoms with Gasteiger partial charge in [-0.25, -0.2) is 4.39 Å². The van der Waals surface area contributed by atoms with E-state index in [1.807, 2.05) is 0 Å². The first kappa shape index (κ1) is 17.3. The number of thioether (sulfide) groups is 1. The number of amides is 1. The third kappa shape index (κ3) is 3.87. The van der Waals surface area contributed by atoms with Crippen LogP contribution in [0.1, 0.15) is 6.92 Å². The lowest BCUT2D eigenvalue weighted by Gasteiger charge is -2.10. The molecule has 1 aromatic heterocycles. The number of ether oxygens (including phenoxy) is 2. The lowest BCUT2D eigenvalue weighted by Crippen LogP contribution is -2.22. The molecule has 2 aromatic carbocycles. The molecule has 0 fully saturated rings. The summed E-state index contributed by atoms with van der Waals surface area (Å²) in [7, 11) is 0. The minimum atomic E-state index is -0.475. The van der Waals surface area contributed by atoms with Gasteiger partial charge in [0.25, 0.3) is 5.22 Å². The Balaban J connectivity index is 1.39. The lowest BCUT2D eigenvalue weighted by atomic mass is 10.2. The summed E-state index contributed by atoms with van der Waals surface area (Å²) >= 11 is 1.13. The molecular formula is C18H14FN3O4S. The van der Waals surface area contributed by atoms with Crippen LogP contribution < -0.4 is 14.8 Å². The van der Waals surface area contributed by atoms with E-state index in [4.69, 9.17) is 13.9 Å². The number of anilines is 1. The van der Waals surface area contributed by atoms with Crippen LogP contribution in [0.2, 0.25) is 0 Å². The van der Waals surface area contributed by atoms with Gasteiger partial charge in [0.15, 0.2) is 11.5 Å². The number of hydrogen-bond acceptors (Lipinski definition) is 7. The third-order valence-corrected chi connectivity index (χ3v) is 4.72. The Bertz CT molecular complexity index is 977. The molecule has 1 aliphatic heterocycles. The Morgan fingerprint density at radius 2 is 1.93 bits per heavy atom. The van der Waals surface area contributed by atoms with Crippen molar-refractivity contribution in [2.24, 2.45) is 0 Å². The number of aromatic nitrogens is 2. The van der Waals surface area contributed by atoms with E-state index in [9.17, 15) is 9.18 Å². The lowest BCUT2D eigenvalue weighted by molar-refractivity contribution is -0.115. The Morgan fingerprint density at radius 3 is 2.74 bits per heavy atom. The monoisotopic (exact) mass is 387 g/mol. The second kappa shape index (κ2) is 7.28. The molecule has 2 heterocycles.